The predicted molar refractivity (Wildman–Crippen MR) is 86.1 cm³/mol. The first-order valence-corrected chi connectivity index (χ1v) is 7.48. The number of halogens is 3. The molecule has 4 nitrogen and oxygen atoms in total. The third-order valence-corrected chi connectivity index (χ3v) is 3.79. The van der Waals surface area contributed by atoms with Crippen LogP contribution in [0.4, 0.5) is 24.5 Å². The standard InChI is InChI=1S/C17H16F3N3O/c1-12(23-9-8-21-14-4-2-3-5-15(14)23)13-6-7-16(22-10-13)24-11-17(18,19)20/h2-8,10,12H,9,11H2,1H3. The summed E-state index contributed by atoms with van der Waals surface area (Å²) in [4.78, 5) is 10.5. The zero-order valence-corrected chi connectivity index (χ0v) is 13.0. The number of nitrogens with zero attached hydrogens (tertiary/aromatic N) is 3. The lowest BCUT2D eigenvalue weighted by atomic mass is 10.1. The van der Waals surface area contributed by atoms with Gasteiger partial charge in [0, 0.05) is 18.5 Å². The molecule has 1 aliphatic rings. The van der Waals surface area contributed by atoms with Crippen molar-refractivity contribution < 1.29 is 17.9 Å². The van der Waals surface area contributed by atoms with Crippen molar-refractivity contribution in [2.45, 2.75) is 19.1 Å². The van der Waals surface area contributed by atoms with E-state index < -0.39 is 12.8 Å². The molecular formula is C17H16F3N3O. The Hall–Kier alpha value is -2.57. The second-order valence-electron chi connectivity index (χ2n) is 5.46. The van der Waals surface area contributed by atoms with Gasteiger partial charge in [-0.15, -0.1) is 0 Å². The Bertz CT molecular complexity index is 729. The van der Waals surface area contributed by atoms with Crippen molar-refractivity contribution in [2.75, 3.05) is 18.1 Å². The summed E-state index contributed by atoms with van der Waals surface area (Å²) in [6, 6.07) is 11.0. The number of hydrogen-bond acceptors (Lipinski definition) is 4. The van der Waals surface area contributed by atoms with Crippen LogP contribution in [0, 0.1) is 0 Å². The Morgan fingerprint density at radius 2 is 2.00 bits per heavy atom. The van der Waals surface area contributed by atoms with Gasteiger partial charge in [-0.2, -0.15) is 13.2 Å². The molecule has 0 N–H and O–H groups in total. The van der Waals surface area contributed by atoms with Crippen LogP contribution in [0.15, 0.2) is 47.6 Å². The van der Waals surface area contributed by atoms with Crippen LogP contribution in [-0.2, 0) is 0 Å². The molecule has 0 fully saturated rings. The quantitative estimate of drug-likeness (QED) is 0.836. The summed E-state index contributed by atoms with van der Waals surface area (Å²) in [7, 11) is 0. The highest BCUT2D eigenvalue weighted by Gasteiger charge is 2.28. The third kappa shape index (κ3) is 3.67. The topological polar surface area (TPSA) is 37.7 Å². The van der Waals surface area contributed by atoms with E-state index in [0.29, 0.717) is 6.54 Å². The van der Waals surface area contributed by atoms with E-state index >= 15 is 0 Å². The van der Waals surface area contributed by atoms with Crippen LogP contribution in [-0.4, -0.2) is 30.5 Å². The van der Waals surface area contributed by atoms with Crippen molar-refractivity contribution in [1.29, 1.82) is 0 Å². The number of rotatable bonds is 4. The van der Waals surface area contributed by atoms with Gasteiger partial charge in [0.15, 0.2) is 6.61 Å². The second-order valence-corrected chi connectivity index (χ2v) is 5.46. The summed E-state index contributed by atoms with van der Waals surface area (Å²) < 4.78 is 41.1. The lowest BCUT2D eigenvalue weighted by molar-refractivity contribution is -0.154. The van der Waals surface area contributed by atoms with E-state index in [1.165, 1.54) is 6.07 Å². The minimum atomic E-state index is -4.37. The highest BCUT2D eigenvalue weighted by Crippen LogP contribution is 2.36. The van der Waals surface area contributed by atoms with Crippen LogP contribution in [0.3, 0.4) is 0 Å². The molecule has 7 heteroatoms. The van der Waals surface area contributed by atoms with Crippen molar-refractivity contribution in [3.63, 3.8) is 0 Å². The van der Waals surface area contributed by atoms with E-state index in [-0.39, 0.29) is 11.9 Å². The first-order chi connectivity index (χ1) is 11.4. The van der Waals surface area contributed by atoms with Crippen LogP contribution < -0.4 is 9.64 Å². The number of hydrogen-bond donors (Lipinski definition) is 0. The molecule has 1 aromatic carbocycles. The van der Waals surface area contributed by atoms with E-state index in [2.05, 4.69) is 19.6 Å². The summed E-state index contributed by atoms with van der Waals surface area (Å²) in [5, 5.41) is 0. The van der Waals surface area contributed by atoms with Crippen LogP contribution in [0.5, 0.6) is 5.88 Å². The SMILES string of the molecule is CC(c1ccc(OCC(F)(F)F)nc1)N1CC=Nc2ccccc21. The molecular weight excluding hydrogens is 319 g/mol. The number of aromatic nitrogens is 1. The molecule has 1 aliphatic heterocycles. The van der Waals surface area contributed by atoms with Gasteiger partial charge in [0.1, 0.15) is 0 Å². The molecule has 0 radical (unpaired) electrons. The molecule has 1 aromatic heterocycles. The van der Waals surface area contributed by atoms with Crippen LogP contribution in [0.2, 0.25) is 0 Å². The number of fused-ring (bicyclic) bond motifs is 1. The predicted octanol–water partition coefficient (Wildman–Crippen LogP) is 4.31. The highest BCUT2D eigenvalue weighted by molar-refractivity contribution is 5.81. The Morgan fingerprint density at radius 1 is 1.21 bits per heavy atom. The van der Waals surface area contributed by atoms with Gasteiger partial charge in [-0.25, -0.2) is 4.98 Å². The molecule has 0 saturated heterocycles. The average Bonchev–Trinajstić information content (AvgIpc) is 2.59. The van der Waals surface area contributed by atoms with E-state index in [1.807, 2.05) is 37.4 Å². The molecule has 0 amide bonds. The zero-order valence-electron chi connectivity index (χ0n) is 13.0. The number of anilines is 1. The Balaban J connectivity index is 1.74. The average molecular weight is 335 g/mol. The fraction of sp³-hybridized carbons (Fsp3) is 0.294. The fourth-order valence-electron chi connectivity index (χ4n) is 2.57. The molecule has 0 bridgehead atoms. The fourth-order valence-corrected chi connectivity index (χ4v) is 2.57. The van der Waals surface area contributed by atoms with Crippen molar-refractivity contribution in [3.05, 3.63) is 48.2 Å². The number of alkyl halides is 3. The van der Waals surface area contributed by atoms with Crippen molar-refractivity contribution in [1.82, 2.24) is 4.98 Å². The minimum absolute atomic E-state index is 0.00191. The maximum absolute atomic E-state index is 12.2. The van der Waals surface area contributed by atoms with Gasteiger partial charge in [-0.05, 0) is 24.6 Å². The van der Waals surface area contributed by atoms with E-state index in [0.717, 1.165) is 16.9 Å². The van der Waals surface area contributed by atoms with Gasteiger partial charge in [-0.1, -0.05) is 18.2 Å². The van der Waals surface area contributed by atoms with Crippen molar-refractivity contribution in [2.24, 2.45) is 4.99 Å². The van der Waals surface area contributed by atoms with Gasteiger partial charge < -0.3 is 9.64 Å². The molecule has 0 saturated carbocycles. The number of para-hydroxylation sites is 2. The smallest absolute Gasteiger partial charge is 0.422 e. The van der Waals surface area contributed by atoms with Gasteiger partial charge in [0.05, 0.1) is 24.0 Å². The molecule has 1 unspecified atom stereocenters. The molecule has 126 valence electrons. The van der Waals surface area contributed by atoms with Gasteiger partial charge in [0.2, 0.25) is 5.88 Å². The zero-order chi connectivity index (χ0) is 17.2. The monoisotopic (exact) mass is 335 g/mol. The number of pyridine rings is 1. The molecule has 0 aliphatic carbocycles. The van der Waals surface area contributed by atoms with Crippen molar-refractivity contribution in [3.8, 4) is 5.88 Å². The third-order valence-electron chi connectivity index (χ3n) is 3.79. The van der Waals surface area contributed by atoms with E-state index in [1.54, 1.807) is 12.3 Å². The molecule has 2 aromatic rings. The maximum Gasteiger partial charge on any atom is 0.422 e. The Morgan fingerprint density at radius 3 is 2.71 bits per heavy atom. The van der Waals surface area contributed by atoms with E-state index in [9.17, 15) is 13.2 Å². The minimum Gasteiger partial charge on any atom is -0.468 e. The van der Waals surface area contributed by atoms with Gasteiger partial charge in [-0.3, -0.25) is 4.99 Å². The second kappa shape index (κ2) is 6.51. The van der Waals surface area contributed by atoms with Crippen LogP contribution in [0.1, 0.15) is 18.5 Å². The summed E-state index contributed by atoms with van der Waals surface area (Å²) in [5.41, 5.74) is 2.80. The molecule has 2 heterocycles. The summed E-state index contributed by atoms with van der Waals surface area (Å²) in [6.45, 7) is 1.33. The van der Waals surface area contributed by atoms with Gasteiger partial charge >= 0.3 is 6.18 Å². The number of benzene rings is 1. The number of aliphatic imine (C=N–C) groups is 1. The largest absolute Gasteiger partial charge is 0.468 e. The summed E-state index contributed by atoms with van der Waals surface area (Å²) >= 11 is 0. The van der Waals surface area contributed by atoms with Gasteiger partial charge in [0.25, 0.3) is 0 Å². The summed E-state index contributed by atoms with van der Waals surface area (Å²) in [6.07, 6.45) is -0.984. The molecule has 3 rings (SSSR count). The highest BCUT2D eigenvalue weighted by atomic mass is 19.4. The van der Waals surface area contributed by atoms with E-state index in [4.69, 9.17) is 0 Å². The number of ether oxygens (including phenoxy) is 1. The Kier molecular flexibility index (Phi) is 4.42. The summed E-state index contributed by atoms with van der Waals surface area (Å²) in [5.74, 6) is -0.0381. The van der Waals surface area contributed by atoms with Crippen molar-refractivity contribution >= 4 is 17.6 Å². The molecule has 0 spiro atoms. The Labute approximate surface area is 137 Å². The van der Waals surface area contributed by atoms with Crippen LogP contribution in [0.25, 0.3) is 0 Å². The lowest BCUT2D eigenvalue weighted by Gasteiger charge is -2.33. The first-order valence-electron chi connectivity index (χ1n) is 7.48. The maximum atomic E-state index is 12.2. The molecule has 1 atom stereocenters. The molecule has 24 heavy (non-hydrogen) atoms. The lowest BCUT2D eigenvalue weighted by Crippen LogP contribution is -2.30. The van der Waals surface area contributed by atoms with Crippen LogP contribution >= 0.6 is 0 Å². The first kappa shape index (κ1) is 16.3. The normalized spacial score (nSPS) is 15.1.